The van der Waals surface area contributed by atoms with E-state index in [1.807, 2.05) is 6.07 Å². The van der Waals surface area contributed by atoms with E-state index in [4.69, 9.17) is 5.73 Å². The van der Waals surface area contributed by atoms with Gasteiger partial charge in [-0.05, 0) is 17.5 Å². The second-order valence-electron chi connectivity index (χ2n) is 5.09. The minimum atomic E-state index is 0.274. The van der Waals surface area contributed by atoms with Crippen LogP contribution in [0.5, 0.6) is 0 Å². The van der Waals surface area contributed by atoms with Gasteiger partial charge in [-0.1, -0.05) is 20.8 Å². The number of aromatic nitrogens is 1. The van der Waals surface area contributed by atoms with E-state index in [0.29, 0.717) is 6.54 Å². The van der Waals surface area contributed by atoms with Crippen molar-refractivity contribution in [3.8, 4) is 0 Å². The summed E-state index contributed by atoms with van der Waals surface area (Å²) in [5.41, 5.74) is 8.03. The molecule has 3 heteroatoms. The maximum absolute atomic E-state index is 5.66. The lowest BCUT2D eigenvalue weighted by Gasteiger charge is -2.29. The van der Waals surface area contributed by atoms with Gasteiger partial charge in [0.2, 0.25) is 0 Å². The van der Waals surface area contributed by atoms with Gasteiger partial charge in [-0.3, -0.25) is 4.98 Å². The van der Waals surface area contributed by atoms with Gasteiger partial charge in [0.1, 0.15) is 0 Å². The normalized spacial score (nSPS) is 11.5. The molecule has 0 aromatic carbocycles. The summed E-state index contributed by atoms with van der Waals surface area (Å²) in [6, 6.07) is 4.02. The van der Waals surface area contributed by atoms with Crippen LogP contribution in [-0.2, 0) is 6.54 Å². The minimum absolute atomic E-state index is 0.274. The van der Waals surface area contributed by atoms with Crippen LogP contribution in [0.3, 0.4) is 0 Å². The Morgan fingerprint density at radius 1 is 1.40 bits per heavy atom. The first-order valence-corrected chi connectivity index (χ1v) is 5.29. The molecule has 15 heavy (non-hydrogen) atoms. The summed E-state index contributed by atoms with van der Waals surface area (Å²) in [5, 5.41) is 0. The molecule has 0 atom stereocenters. The van der Waals surface area contributed by atoms with E-state index in [-0.39, 0.29) is 5.41 Å². The van der Waals surface area contributed by atoms with E-state index >= 15 is 0 Å². The van der Waals surface area contributed by atoms with Crippen molar-refractivity contribution in [2.75, 3.05) is 18.5 Å². The molecule has 1 aromatic rings. The summed E-state index contributed by atoms with van der Waals surface area (Å²) in [7, 11) is 2.08. The molecule has 1 heterocycles. The third-order valence-electron chi connectivity index (χ3n) is 2.18. The Morgan fingerprint density at radius 2 is 2.07 bits per heavy atom. The van der Waals surface area contributed by atoms with Crippen LogP contribution < -0.4 is 10.6 Å². The summed E-state index contributed by atoms with van der Waals surface area (Å²) in [6.07, 6.45) is 1.79. The van der Waals surface area contributed by atoms with Crippen molar-refractivity contribution in [3.63, 3.8) is 0 Å². The van der Waals surface area contributed by atoms with Crippen molar-refractivity contribution < 1.29 is 0 Å². The van der Waals surface area contributed by atoms with Gasteiger partial charge in [0.05, 0.1) is 11.4 Å². The Balaban J connectivity index is 2.86. The molecule has 0 radical (unpaired) electrons. The van der Waals surface area contributed by atoms with Crippen LogP contribution in [0.2, 0.25) is 0 Å². The highest BCUT2D eigenvalue weighted by Gasteiger charge is 2.15. The summed E-state index contributed by atoms with van der Waals surface area (Å²) in [6.45, 7) is 8.16. The first-order chi connectivity index (χ1) is 6.94. The van der Waals surface area contributed by atoms with Crippen LogP contribution in [-0.4, -0.2) is 18.6 Å². The third kappa shape index (κ3) is 3.51. The standard InChI is InChI=1S/C12H21N3/c1-12(2,3)9-15(4)11-6-5-7-14-10(11)8-13/h5-7H,8-9,13H2,1-4H3. The highest BCUT2D eigenvalue weighted by atomic mass is 15.1. The van der Waals surface area contributed by atoms with E-state index in [2.05, 4.69) is 43.8 Å². The van der Waals surface area contributed by atoms with Crippen molar-refractivity contribution in [3.05, 3.63) is 24.0 Å². The Bertz CT molecular complexity index is 315. The van der Waals surface area contributed by atoms with Crippen LogP contribution in [0.4, 0.5) is 5.69 Å². The maximum Gasteiger partial charge on any atom is 0.0772 e. The number of nitrogens with two attached hydrogens (primary N) is 1. The average molecular weight is 207 g/mol. The predicted molar refractivity (Wildman–Crippen MR) is 64.9 cm³/mol. The molecular weight excluding hydrogens is 186 g/mol. The van der Waals surface area contributed by atoms with Crippen LogP contribution >= 0.6 is 0 Å². The number of nitrogens with zero attached hydrogens (tertiary/aromatic N) is 2. The molecular formula is C12H21N3. The molecule has 0 aliphatic carbocycles. The molecule has 84 valence electrons. The van der Waals surface area contributed by atoms with Crippen molar-refractivity contribution in [2.24, 2.45) is 11.1 Å². The fourth-order valence-electron chi connectivity index (χ4n) is 1.73. The van der Waals surface area contributed by atoms with Gasteiger partial charge in [-0.15, -0.1) is 0 Å². The topological polar surface area (TPSA) is 42.2 Å². The van der Waals surface area contributed by atoms with Gasteiger partial charge in [0.25, 0.3) is 0 Å². The van der Waals surface area contributed by atoms with E-state index < -0.39 is 0 Å². The van der Waals surface area contributed by atoms with E-state index in [0.717, 1.165) is 17.9 Å². The Hall–Kier alpha value is -1.09. The minimum Gasteiger partial charge on any atom is -0.373 e. The highest BCUT2D eigenvalue weighted by Crippen LogP contribution is 2.21. The van der Waals surface area contributed by atoms with E-state index in [9.17, 15) is 0 Å². The zero-order chi connectivity index (χ0) is 11.5. The quantitative estimate of drug-likeness (QED) is 0.824. The number of hydrogen-bond acceptors (Lipinski definition) is 3. The lowest BCUT2D eigenvalue weighted by atomic mass is 9.96. The van der Waals surface area contributed by atoms with Crippen molar-refractivity contribution >= 4 is 5.69 Å². The summed E-state index contributed by atoms with van der Waals surface area (Å²) in [5.74, 6) is 0. The monoisotopic (exact) mass is 207 g/mol. The fourth-order valence-corrected chi connectivity index (χ4v) is 1.73. The van der Waals surface area contributed by atoms with Gasteiger partial charge in [-0.25, -0.2) is 0 Å². The Labute approximate surface area is 92.3 Å². The number of pyridine rings is 1. The van der Waals surface area contributed by atoms with Crippen molar-refractivity contribution in [1.29, 1.82) is 0 Å². The smallest absolute Gasteiger partial charge is 0.0772 e. The van der Waals surface area contributed by atoms with Crippen molar-refractivity contribution in [1.82, 2.24) is 4.98 Å². The van der Waals surface area contributed by atoms with Gasteiger partial charge >= 0.3 is 0 Å². The van der Waals surface area contributed by atoms with E-state index in [1.165, 1.54) is 0 Å². The predicted octanol–water partition coefficient (Wildman–Crippen LogP) is 2.02. The molecule has 1 aromatic heterocycles. The fraction of sp³-hybridized carbons (Fsp3) is 0.583. The zero-order valence-electron chi connectivity index (χ0n) is 10.1. The SMILES string of the molecule is CN(CC(C)(C)C)c1cccnc1CN. The van der Waals surface area contributed by atoms with Gasteiger partial charge < -0.3 is 10.6 Å². The molecule has 0 aliphatic heterocycles. The van der Waals surface area contributed by atoms with Crippen molar-refractivity contribution in [2.45, 2.75) is 27.3 Å². The summed E-state index contributed by atoms with van der Waals surface area (Å²) < 4.78 is 0. The molecule has 0 aliphatic rings. The Morgan fingerprint density at radius 3 is 2.60 bits per heavy atom. The Kier molecular flexibility index (Phi) is 3.69. The van der Waals surface area contributed by atoms with Gasteiger partial charge in [0.15, 0.2) is 0 Å². The highest BCUT2D eigenvalue weighted by molar-refractivity contribution is 5.49. The van der Waals surface area contributed by atoms with Gasteiger partial charge in [0, 0.05) is 26.3 Å². The molecule has 0 unspecified atom stereocenters. The third-order valence-corrected chi connectivity index (χ3v) is 2.18. The van der Waals surface area contributed by atoms with Crippen LogP contribution in [0.25, 0.3) is 0 Å². The molecule has 0 saturated heterocycles. The molecule has 0 bridgehead atoms. The molecule has 0 amide bonds. The second kappa shape index (κ2) is 4.62. The molecule has 3 nitrogen and oxygen atoms in total. The van der Waals surface area contributed by atoms with Gasteiger partial charge in [-0.2, -0.15) is 0 Å². The maximum atomic E-state index is 5.66. The number of hydrogen-bond donors (Lipinski definition) is 1. The first kappa shape index (κ1) is 12.0. The molecule has 0 saturated carbocycles. The lowest BCUT2D eigenvalue weighted by Crippen LogP contribution is -2.30. The number of anilines is 1. The summed E-state index contributed by atoms with van der Waals surface area (Å²) in [4.78, 5) is 6.50. The molecule has 0 fully saturated rings. The molecule has 0 spiro atoms. The molecule has 2 N–H and O–H groups in total. The average Bonchev–Trinajstić information content (AvgIpc) is 2.15. The lowest BCUT2D eigenvalue weighted by molar-refractivity contribution is 0.418. The largest absolute Gasteiger partial charge is 0.373 e. The van der Waals surface area contributed by atoms with Crippen LogP contribution in [0.15, 0.2) is 18.3 Å². The zero-order valence-corrected chi connectivity index (χ0v) is 10.1. The summed E-state index contributed by atoms with van der Waals surface area (Å²) >= 11 is 0. The van der Waals surface area contributed by atoms with Crippen LogP contribution in [0, 0.1) is 5.41 Å². The van der Waals surface area contributed by atoms with Crippen LogP contribution in [0.1, 0.15) is 26.5 Å². The number of rotatable bonds is 3. The first-order valence-electron chi connectivity index (χ1n) is 5.29. The second-order valence-corrected chi connectivity index (χ2v) is 5.09. The van der Waals surface area contributed by atoms with E-state index in [1.54, 1.807) is 6.20 Å². The molecule has 1 rings (SSSR count).